The van der Waals surface area contributed by atoms with Crippen LogP contribution >= 0.6 is 22.9 Å². The maximum atomic E-state index is 6.00. The Bertz CT molecular complexity index is 391. The van der Waals surface area contributed by atoms with E-state index in [2.05, 4.69) is 37.1 Å². The average Bonchev–Trinajstić information content (AvgIpc) is 2.81. The second-order valence-corrected chi connectivity index (χ2v) is 7.58. The summed E-state index contributed by atoms with van der Waals surface area (Å²) in [6, 6.07) is 5.49. The number of thiophene rings is 1. The van der Waals surface area contributed by atoms with E-state index in [9.17, 15) is 0 Å². The molecular weight excluding hydrogens is 276 g/mol. The van der Waals surface area contributed by atoms with Crippen molar-refractivity contribution in [1.82, 2.24) is 10.2 Å². The molecule has 2 heterocycles. The summed E-state index contributed by atoms with van der Waals surface area (Å²) in [5.74, 6) is 0.706. The van der Waals surface area contributed by atoms with Crippen molar-refractivity contribution in [2.45, 2.75) is 45.7 Å². The van der Waals surface area contributed by atoms with Crippen molar-refractivity contribution < 1.29 is 0 Å². The number of halogens is 1. The lowest BCUT2D eigenvalue weighted by Gasteiger charge is -2.42. The molecule has 2 rings (SSSR count). The Labute approximate surface area is 126 Å². The quantitative estimate of drug-likeness (QED) is 0.893. The SMILES string of the molecule is CCC1CN(CCc2ccc(Cl)s2)C(C(C)C)CN1. The van der Waals surface area contributed by atoms with Gasteiger partial charge in [0.2, 0.25) is 0 Å². The Morgan fingerprint density at radius 2 is 2.26 bits per heavy atom. The zero-order valence-electron chi connectivity index (χ0n) is 12.2. The minimum absolute atomic E-state index is 0.655. The number of rotatable bonds is 5. The van der Waals surface area contributed by atoms with Crippen LogP contribution in [-0.4, -0.2) is 36.6 Å². The Morgan fingerprint density at radius 1 is 1.47 bits per heavy atom. The van der Waals surface area contributed by atoms with Crippen molar-refractivity contribution in [3.63, 3.8) is 0 Å². The van der Waals surface area contributed by atoms with Gasteiger partial charge >= 0.3 is 0 Å². The number of nitrogens with zero attached hydrogens (tertiary/aromatic N) is 1. The van der Waals surface area contributed by atoms with Crippen LogP contribution in [-0.2, 0) is 6.42 Å². The Hall–Kier alpha value is -0.0900. The third kappa shape index (κ3) is 4.19. The van der Waals surface area contributed by atoms with E-state index in [1.165, 1.54) is 17.8 Å². The van der Waals surface area contributed by atoms with Crippen molar-refractivity contribution in [3.05, 3.63) is 21.3 Å². The van der Waals surface area contributed by atoms with Crippen molar-refractivity contribution in [2.24, 2.45) is 5.92 Å². The third-order valence-electron chi connectivity index (χ3n) is 4.08. The second kappa shape index (κ2) is 7.07. The Balaban J connectivity index is 1.93. The van der Waals surface area contributed by atoms with E-state index in [-0.39, 0.29) is 0 Å². The molecule has 1 N–H and O–H groups in total. The van der Waals surface area contributed by atoms with Crippen molar-refractivity contribution in [3.8, 4) is 0 Å². The van der Waals surface area contributed by atoms with Gasteiger partial charge in [0.1, 0.15) is 0 Å². The molecule has 0 spiro atoms. The summed E-state index contributed by atoms with van der Waals surface area (Å²) >= 11 is 7.72. The van der Waals surface area contributed by atoms with Crippen LogP contribution in [0.3, 0.4) is 0 Å². The number of hydrogen-bond acceptors (Lipinski definition) is 3. The minimum Gasteiger partial charge on any atom is -0.311 e. The van der Waals surface area contributed by atoms with Gasteiger partial charge in [-0.1, -0.05) is 32.4 Å². The molecule has 0 saturated carbocycles. The molecule has 1 aromatic rings. The van der Waals surface area contributed by atoms with Gasteiger partial charge in [-0.25, -0.2) is 0 Å². The molecule has 1 saturated heterocycles. The van der Waals surface area contributed by atoms with Crippen LogP contribution in [0.2, 0.25) is 4.34 Å². The third-order valence-corrected chi connectivity index (χ3v) is 5.37. The number of hydrogen-bond donors (Lipinski definition) is 1. The topological polar surface area (TPSA) is 15.3 Å². The summed E-state index contributed by atoms with van der Waals surface area (Å²) in [5.41, 5.74) is 0. The largest absolute Gasteiger partial charge is 0.311 e. The van der Waals surface area contributed by atoms with Crippen LogP contribution in [0.5, 0.6) is 0 Å². The first-order valence-corrected chi connectivity index (χ1v) is 8.51. The van der Waals surface area contributed by atoms with Crippen molar-refractivity contribution in [1.29, 1.82) is 0 Å². The monoisotopic (exact) mass is 300 g/mol. The lowest BCUT2D eigenvalue weighted by Crippen LogP contribution is -2.58. The van der Waals surface area contributed by atoms with Crippen LogP contribution in [0.15, 0.2) is 12.1 Å². The van der Waals surface area contributed by atoms with E-state index in [1.807, 2.05) is 6.07 Å². The molecule has 1 aliphatic rings. The van der Waals surface area contributed by atoms with E-state index < -0.39 is 0 Å². The lowest BCUT2D eigenvalue weighted by atomic mass is 9.97. The molecule has 1 aliphatic heterocycles. The molecule has 2 unspecified atom stereocenters. The summed E-state index contributed by atoms with van der Waals surface area (Å²) in [7, 11) is 0. The summed E-state index contributed by atoms with van der Waals surface area (Å²) in [5, 5.41) is 3.67. The fourth-order valence-electron chi connectivity index (χ4n) is 2.83. The molecule has 0 radical (unpaired) electrons. The number of nitrogens with one attached hydrogen (secondary N) is 1. The molecule has 19 heavy (non-hydrogen) atoms. The zero-order valence-corrected chi connectivity index (χ0v) is 13.7. The average molecular weight is 301 g/mol. The molecule has 0 aliphatic carbocycles. The zero-order chi connectivity index (χ0) is 13.8. The van der Waals surface area contributed by atoms with Crippen LogP contribution < -0.4 is 5.32 Å². The van der Waals surface area contributed by atoms with Crippen LogP contribution in [0.1, 0.15) is 32.1 Å². The first-order valence-electron chi connectivity index (χ1n) is 7.31. The van der Waals surface area contributed by atoms with Crippen LogP contribution in [0.25, 0.3) is 0 Å². The van der Waals surface area contributed by atoms with Gasteiger partial charge < -0.3 is 5.32 Å². The fraction of sp³-hybridized carbons (Fsp3) is 0.733. The molecule has 1 aromatic heterocycles. The summed E-state index contributed by atoms with van der Waals surface area (Å²) < 4.78 is 0.905. The normalized spacial score (nSPS) is 25.1. The first kappa shape index (κ1) is 15.3. The maximum Gasteiger partial charge on any atom is 0.0931 e. The minimum atomic E-state index is 0.655. The van der Waals surface area contributed by atoms with E-state index in [4.69, 9.17) is 11.6 Å². The molecule has 2 atom stereocenters. The van der Waals surface area contributed by atoms with E-state index >= 15 is 0 Å². The lowest BCUT2D eigenvalue weighted by molar-refractivity contribution is 0.0987. The summed E-state index contributed by atoms with van der Waals surface area (Å²) in [4.78, 5) is 4.07. The van der Waals surface area contributed by atoms with E-state index in [0.717, 1.165) is 23.8 Å². The number of piperazine rings is 1. The highest BCUT2D eigenvalue weighted by Crippen LogP contribution is 2.23. The van der Waals surface area contributed by atoms with Gasteiger partial charge in [0, 0.05) is 36.6 Å². The molecule has 2 nitrogen and oxygen atoms in total. The van der Waals surface area contributed by atoms with Gasteiger partial charge in [-0.05, 0) is 30.9 Å². The van der Waals surface area contributed by atoms with Gasteiger partial charge in [0.05, 0.1) is 4.34 Å². The highest BCUT2D eigenvalue weighted by atomic mass is 35.5. The van der Waals surface area contributed by atoms with Crippen LogP contribution in [0.4, 0.5) is 0 Å². The van der Waals surface area contributed by atoms with Gasteiger partial charge in [-0.15, -0.1) is 11.3 Å². The van der Waals surface area contributed by atoms with Crippen LogP contribution in [0, 0.1) is 5.92 Å². The molecule has 1 fully saturated rings. The Kier molecular flexibility index (Phi) is 5.70. The molecular formula is C15H25ClN2S. The summed E-state index contributed by atoms with van der Waals surface area (Å²) in [6.07, 6.45) is 2.34. The van der Waals surface area contributed by atoms with Crippen molar-refractivity contribution in [2.75, 3.05) is 19.6 Å². The van der Waals surface area contributed by atoms with Gasteiger partial charge in [0.25, 0.3) is 0 Å². The van der Waals surface area contributed by atoms with Gasteiger partial charge in [-0.3, -0.25) is 4.90 Å². The van der Waals surface area contributed by atoms with Gasteiger partial charge in [-0.2, -0.15) is 0 Å². The van der Waals surface area contributed by atoms with E-state index in [0.29, 0.717) is 18.0 Å². The molecule has 0 aromatic carbocycles. The second-order valence-electron chi connectivity index (χ2n) is 5.78. The predicted octanol–water partition coefficient (Wildman–Crippen LogP) is 3.65. The smallest absolute Gasteiger partial charge is 0.0931 e. The molecule has 108 valence electrons. The highest BCUT2D eigenvalue weighted by Gasteiger charge is 2.28. The van der Waals surface area contributed by atoms with Crippen molar-refractivity contribution >= 4 is 22.9 Å². The predicted molar refractivity (Wildman–Crippen MR) is 85.3 cm³/mol. The first-order chi connectivity index (χ1) is 9.10. The molecule has 4 heteroatoms. The van der Waals surface area contributed by atoms with Gasteiger partial charge in [0.15, 0.2) is 0 Å². The highest BCUT2D eigenvalue weighted by molar-refractivity contribution is 7.16. The molecule has 0 amide bonds. The maximum absolute atomic E-state index is 6.00. The molecule has 0 bridgehead atoms. The standard InChI is InChI=1S/C15H25ClN2S/c1-4-12-10-18(14(9-17-12)11(2)3)8-7-13-5-6-15(16)19-13/h5-6,11-12,14,17H,4,7-10H2,1-3H3. The van der Waals surface area contributed by atoms with E-state index in [1.54, 1.807) is 11.3 Å². The fourth-order valence-corrected chi connectivity index (χ4v) is 3.90. The summed E-state index contributed by atoms with van der Waals surface area (Å²) in [6.45, 7) is 10.4. The Morgan fingerprint density at radius 3 is 2.84 bits per heavy atom.